The van der Waals surface area contributed by atoms with Crippen molar-refractivity contribution in [3.8, 4) is 0 Å². The lowest BCUT2D eigenvalue weighted by molar-refractivity contribution is 0.0397. The molecule has 122 valence electrons. The number of ether oxygens (including phenoxy) is 1. The van der Waals surface area contributed by atoms with Gasteiger partial charge in [0.25, 0.3) is 0 Å². The number of carbonyl (C=O) groups is 3. The predicted molar refractivity (Wildman–Crippen MR) is 92.5 cm³/mol. The van der Waals surface area contributed by atoms with Crippen LogP contribution < -0.4 is 0 Å². The molecule has 0 spiro atoms. The summed E-state index contributed by atoms with van der Waals surface area (Å²) in [5, 5.41) is 0. The van der Waals surface area contributed by atoms with Gasteiger partial charge in [0.15, 0.2) is 5.78 Å². The van der Waals surface area contributed by atoms with Crippen LogP contribution in [-0.4, -0.2) is 17.7 Å². The lowest BCUT2D eigenvalue weighted by Crippen LogP contribution is -2.13. The van der Waals surface area contributed by atoms with Gasteiger partial charge in [-0.3, -0.25) is 4.79 Å². The molecule has 0 amide bonds. The second-order valence-electron chi connectivity index (χ2n) is 5.32. The van der Waals surface area contributed by atoms with E-state index in [1.807, 2.05) is 6.07 Å². The summed E-state index contributed by atoms with van der Waals surface area (Å²) in [5.41, 5.74) is 1.52. The zero-order chi connectivity index (χ0) is 17.6. The molecule has 0 aromatic heterocycles. The van der Waals surface area contributed by atoms with E-state index in [-0.39, 0.29) is 11.3 Å². The summed E-state index contributed by atoms with van der Waals surface area (Å²) >= 11 is 0. The summed E-state index contributed by atoms with van der Waals surface area (Å²) in [7, 11) is 0. The summed E-state index contributed by atoms with van der Waals surface area (Å²) in [4.78, 5) is 36.3. The molecule has 3 aromatic carbocycles. The normalized spacial score (nSPS) is 10.1. The third-order valence-electron chi connectivity index (χ3n) is 3.61. The quantitative estimate of drug-likeness (QED) is 0.413. The predicted octanol–water partition coefficient (Wildman–Crippen LogP) is 3.91. The first-order valence-corrected chi connectivity index (χ1v) is 7.66. The molecular weight excluding hydrogens is 316 g/mol. The van der Waals surface area contributed by atoms with Gasteiger partial charge in [-0.15, -0.1) is 0 Å². The first-order valence-electron chi connectivity index (χ1n) is 7.66. The van der Waals surface area contributed by atoms with Gasteiger partial charge in [-0.05, 0) is 24.3 Å². The molecule has 0 bridgehead atoms. The van der Waals surface area contributed by atoms with Crippen LogP contribution in [0.2, 0.25) is 0 Å². The van der Waals surface area contributed by atoms with Gasteiger partial charge < -0.3 is 4.74 Å². The third kappa shape index (κ3) is 3.87. The Labute approximate surface area is 144 Å². The molecule has 4 heteroatoms. The highest BCUT2D eigenvalue weighted by Crippen LogP contribution is 2.12. The second-order valence-corrected chi connectivity index (χ2v) is 5.32. The molecule has 0 aliphatic carbocycles. The smallest absolute Gasteiger partial charge is 0.346 e. The summed E-state index contributed by atoms with van der Waals surface area (Å²) in [5.74, 6) is -1.61. The maximum Gasteiger partial charge on any atom is 0.346 e. The molecule has 0 aliphatic rings. The Bertz CT molecular complexity index is 898. The molecule has 0 saturated carbocycles. The number of carbonyl (C=O) groups excluding carboxylic acids is 3. The lowest BCUT2D eigenvalue weighted by atomic mass is 10.0. The standard InChI is InChI=1S/C21H14O4/c22-19(15-7-3-1-4-8-15)16-11-13-18(14-12-16)21(24)25-20(23)17-9-5-2-6-10-17/h1-14H. The summed E-state index contributed by atoms with van der Waals surface area (Å²) in [6.07, 6.45) is 0. The van der Waals surface area contributed by atoms with Crippen molar-refractivity contribution in [3.05, 3.63) is 107 Å². The zero-order valence-corrected chi connectivity index (χ0v) is 13.2. The van der Waals surface area contributed by atoms with Gasteiger partial charge >= 0.3 is 11.9 Å². The Kier molecular flexibility index (Phi) is 4.81. The van der Waals surface area contributed by atoms with Crippen LogP contribution in [0.3, 0.4) is 0 Å². The van der Waals surface area contributed by atoms with Crippen LogP contribution in [0.4, 0.5) is 0 Å². The molecule has 0 heterocycles. The van der Waals surface area contributed by atoms with Gasteiger partial charge in [0.05, 0.1) is 11.1 Å². The number of esters is 2. The highest BCUT2D eigenvalue weighted by atomic mass is 16.6. The van der Waals surface area contributed by atoms with E-state index in [1.54, 1.807) is 66.7 Å². The van der Waals surface area contributed by atoms with Crippen molar-refractivity contribution in [2.24, 2.45) is 0 Å². The summed E-state index contributed by atoms with van der Waals surface area (Å²) < 4.78 is 4.84. The zero-order valence-electron chi connectivity index (χ0n) is 13.2. The number of rotatable bonds is 4. The first kappa shape index (κ1) is 16.3. The molecule has 0 radical (unpaired) electrons. The molecule has 0 atom stereocenters. The van der Waals surface area contributed by atoms with Gasteiger partial charge in [0.1, 0.15) is 0 Å². The van der Waals surface area contributed by atoms with E-state index in [0.717, 1.165) is 0 Å². The van der Waals surface area contributed by atoms with Crippen molar-refractivity contribution in [1.29, 1.82) is 0 Å². The van der Waals surface area contributed by atoms with E-state index in [9.17, 15) is 14.4 Å². The van der Waals surface area contributed by atoms with Crippen molar-refractivity contribution in [2.75, 3.05) is 0 Å². The van der Waals surface area contributed by atoms with Crippen molar-refractivity contribution < 1.29 is 19.1 Å². The van der Waals surface area contributed by atoms with Crippen molar-refractivity contribution >= 4 is 17.7 Å². The molecular formula is C21H14O4. The van der Waals surface area contributed by atoms with Crippen molar-refractivity contribution in [2.45, 2.75) is 0 Å². The SMILES string of the molecule is O=C(OC(=O)c1ccc(C(=O)c2ccccc2)cc1)c1ccccc1. The van der Waals surface area contributed by atoms with E-state index in [4.69, 9.17) is 4.74 Å². The van der Waals surface area contributed by atoms with E-state index in [2.05, 4.69) is 0 Å². The number of ketones is 1. The summed E-state index contributed by atoms with van der Waals surface area (Å²) in [6.45, 7) is 0. The number of hydrogen-bond acceptors (Lipinski definition) is 4. The minimum Gasteiger partial charge on any atom is -0.386 e. The molecule has 0 unspecified atom stereocenters. The Balaban J connectivity index is 1.71. The van der Waals surface area contributed by atoms with Crippen molar-refractivity contribution in [3.63, 3.8) is 0 Å². The number of benzene rings is 3. The average Bonchev–Trinajstić information content (AvgIpc) is 2.69. The van der Waals surface area contributed by atoms with Gasteiger partial charge in [-0.1, -0.05) is 60.7 Å². The van der Waals surface area contributed by atoms with E-state index >= 15 is 0 Å². The largest absolute Gasteiger partial charge is 0.386 e. The minimum atomic E-state index is -0.757. The van der Waals surface area contributed by atoms with Gasteiger partial charge in [-0.25, -0.2) is 9.59 Å². The lowest BCUT2D eigenvalue weighted by Gasteiger charge is -2.05. The molecule has 3 rings (SSSR count). The fourth-order valence-electron chi connectivity index (χ4n) is 2.29. The van der Waals surface area contributed by atoms with Crippen LogP contribution in [0.15, 0.2) is 84.9 Å². The molecule has 0 N–H and O–H groups in total. The third-order valence-corrected chi connectivity index (χ3v) is 3.61. The monoisotopic (exact) mass is 330 g/mol. The highest BCUT2D eigenvalue weighted by Gasteiger charge is 2.15. The minimum absolute atomic E-state index is 0.138. The maximum absolute atomic E-state index is 12.3. The van der Waals surface area contributed by atoms with Crippen LogP contribution in [0.1, 0.15) is 36.6 Å². The van der Waals surface area contributed by atoms with E-state index in [1.165, 1.54) is 12.1 Å². The Morgan fingerprint density at radius 1 is 0.480 bits per heavy atom. The van der Waals surface area contributed by atoms with E-state index in [0.29, 0.717) is 16.7 Å². The molecule has 25 heavy (non-hydrogen) atoms. The van der Waals surface area contributed by atoms with Crippen LogP contribution in [0.5, 0.6) is 0 Å². The fourth-order valence-corrected chi connectivity index (χ4v) is 2.29. The fraction of sp³-hybridized carbons (Fsp3) is 0. The van der Waals surface area contributed by atoms with Crippen molar-refractivity contribution in [1.82, 2.24) is 0 Å². The topological polar surface area (TPSA) is 60.4 Å². The first-order chi connectivity index (χ1) is 12.1. The number of hydrogen-bond donors (Lipinski definition) is 0. The molecule has 0 fully saturated rings. The van der Waals surface area contributed by atoms with E-state index < -0.39 is 11.9 Å². The van der Waals surface area contributed by atoms with Crippen LogP contribution in [-0.2, 0) is 4.74 Å². The van der Waals surface area contributed by atoms with Gasteiger partial charge in [0, 0.05) is 11.1 Å². The Morgan fingerprint density at radius 3 is 1.36 bits per heavy atom. The molecule has 3 aromatic rings. The van der Waals surface area contributed by atoms with Crippen LogP contribution in [0, 0.1) is 0 Å². The molecule has 0 aliphatic heterocycles. The highest BCUT2D eigenvalue weighted by molar-refractivity contribution is 6.09. The van der Waals surface area contributed by atoms with Crippen LogP contribution in [0.25, 0.3) is 0 Å². The maximum atomic E-state index is 12.3. The van der Waals surface area contributed by atoms with Gasteiger partial charge in [-0.2, -0.15) is 0 Å². The second kappa shape index (κ2) is 7.36. The Hall–Kier alpha value is -3.53. The summed E-state index contributed by atoms with van der Waals surface area (Å²) in [6, 6.07) is 23.1. The van der Waals surface area contributed by atoms with Crippen LogP contribution >= 0.6 is 0 Å². The molecule has 4 nitrogen and oxygen atoms in total. The molecule has 0 saturated heterocycles. The average molecular weight is 330 g/mol. The van der Waals surface area contributed by atoms with Gasteiger partial charge in [0.2, 0.25) is 0 Å². The Morgan fingerprint density at radius 2 is 0.840 bits per heavy atom.